The van der Waals surface area contributed by atoms with Gasteiger partial charge in [-0.1, -0.05) is 35.5 Å². The third-order valence-electron chi connectivity index (χ3n) is 4.40. The second-order valence-electron chi connectivity index (χ2n) is 6.02. The second-order valence-corrected chi connectivity index (χ2v) is 6.02. The van der Waals surface area contributed by atoms with Crippen LogP contribution in [-0.4, -0.2) is 28.6 Å². The van der Waals surface area contributed by atoms with Crippen LogP contribution in [0.1, 0.15) is 35.4 Å². The molecule has 1 aliphatic heterocycles. The number of aryl methyl sites for hydroxylation is 2. The number of ether oxygens (including phenoxy) is 1. The van der Waals surface area contributed by atoms with E-state index >= 15 is 0 Å². The molecule has 5 nitrogen and oxygen atoms in total. The molecule has 0 bridgehead atoms. The number of esters is 1. The molecule has 2 heterocycles. The molecule has 1 aliphatic rings. The van der Waals surface area contributed by atoms with Gasteiger partial charge in [-0.2, -0.15) is 0 Å². The SMILES string of the molecule is Cc1noc(C)c1CN1CCC[C@@H]1C(=O)OCc1ccccc1. The van der Waals surface area contributed by atoms with Crippen molar-refractivity contribution in [2.24, 2.45) is 0 Å². The predicted octanol–water partition coefficient (Wildman–Crippen LogP) is 3.00. The van der Waals surface area contributed by atoms with Crippen molar-refractivity contribution in [1.29, 1.82) is 0 Å². The van der Waals surface area contributed by atoms with E-state index in [0.29, 0.717) is 13.2 Å². The lowest BCUT2D eigenvalue weighted by molar-refractivity contribution is -0.150. The quantitative estimate of drug-likeness (QED) is 0.794. The van der Waals surface area contributed by atoms with Crippen LogP contribution in [0.15, 0.2) is 34.9 Å². The minimum Gasteiger partial charge on any atom is -0.460 e. The fraction of sp³-hybridized carbons (Fsp3) is 0.444. The summed E-state index contributed by atoms with van der Waals surface area (Å²) in [5.74, 6) is 0.684. The van der Waals surface area contributed by atoms with E-state index < -0.39 is 0 Å². The zero-order valence-corrected chi connectivity index (χ0v) is 13.6. The predicted molar refractivity (Wildman–Crippen MR) is 85.6 cm³/mol. The molecule has 1 atom stereocenters. The third-order valence-corrected chi connectivity index (χ3v) is 4.40. The van der Waals surface area contributed by atoms with Crippen LogP contribution in [0, 0.1) is 13.8 Å². The molecule has 1 fully saturated rings. The molecule has 0 spiro atoms. The van der Waals surface area contributed by atoms with Gasteiger partial charge in [0.2, 0.25) is 0 Å². The number of nitrogens with zero attached hydrogens (tertiary/aromatic N) is 2. The van der Waals surface area contributed by atoms with Crippen LogP contribution in [0.5, 0.6) is 0 Å². The van der Waals surface area contributed by atoms with Gasteiger partial charge >= 0.3 is 5.97 Å². The lowest BCUT2D eigenvalue weighted by Gasteiger charge is -2.22. The maximum atomic E-state index is 12.4. The number of benzene rings is 1. The van der Waals surface area contributed by atoms with Crippen molar-refractivity contribution in [2.45, 2.75) is 45.9 Å². The normalized spacial score (nSPS) is 18.3. The molecule has 1 aromatic carbocycles. The van der Waals surface area contributed by atoms with Crippen molar-refractivity contribution in [3.63, 3.8) is 0 Å². The van der Waals surface area contributed by atoms with Crippen LogP contribution >= 0.6 is 0 Å². The molecule has 5 heteroatoms. The zero-order chi connectivity index (χ0) is 16.2. The highest BCUT2D eigenvalue weighted by Crippen LogP contribution is 2.24. The minimum atomic E-state index is -0.174. The maximum absolute atomic E-state index is 12.4. The van der Waals surface area contributed by atoms with Crippen molar-refractivity contribution < 1.29 is 14.1 Å². The molecule has 0 amide bonds. The lowest BCUT2D eigenvalue weighted by Crippen LogP contribution is -2.37. The molecule has 1 saturated heterocycles. The molecule has 0 unspecified atom stereocenters. The van der Waals surface area contributed by atoms with E-state index in [9.17, 15) is 4.79 Å². The number of hydrogen-bond acceptors (Lipinski definition) is 5. The standard InChI is InChI=1S/C18H22N2O3/c1-13-16(14(2)23-19-13)11-20-10-6-9-17(20)18(21)22-12-15-7-4-3-5-8-15/h3-5,7-8,17H,6,9-12H2,1-2H3/t17-/m1/s1. The maximum Gasteiger partial charge on any atom is 0.323 e. The van der Waals surface area contributed by atoms with Crippen molar-refractivity contribution >= 4 is 5.97 Å². The first-order chi connectivity index (χ1) is 11.1. The topological polar surface area (TPSA) is 55.6 Å². The van der Waals surface area contributed by atoms with Gasteiger partial charge in [-0.25, -0.2) is 0 Å². The second kappa shape index (κ2) is 6.96. The summed E-state index contributed by atoms with van der Waals surface area (Å²) in [6.07, 6.45) is 1.85. The van der Waals surface area contributed by atoms with Crippen molar-refractivity contribution in [3.05, 3.63) is 52.9 Å². The molecular formula is C18H22N2O3. The minimum absolute atomic E-state index is 0.141. The van der Waals surface area contributed by atoms with Crippen LogP contribution in [-0.2, 0) is 22.7 Å². The molecular weight excluding hydrogens is 292 g/mol. The fourth-order valence-electron chi connectivity index (χ4n) is 3.04. The fourth-order valence-corrected chi connectivity index (χ4v) is 3.04. The Hall–Kier alpha value is -2.14. The van der Waals surface area contributed by atoms with Gasteiger partial charge in [0, 0.05) is 12.1 Å². The summed E-state index contributed by atoms with van der Waals surface area (Å²) in [4.78, 5) is 14.6. The van der Waals surface area contributed by atoms with E-state index in [1.807, 2.05) is 44.2 Å². The van der Waals surface area contributed by atoms with Crippen molar-refractivity contribution in [1.82, 2.24) is 10.1 Å². The summed E-state index contributed by atoms with van der Waals surface area (Å²) >= 11 is 0. The summed E-state index contributed by atoms with van der Waals surface area (Å²) in [5, 5.41) is 3.99. The average Bonchev–Trinajstić information content (AvgIpc) is 3.16. The van der Waals surface area contributed by atoms with E-state index in [0.717, 1.165) is 42.0 Å². The third kappa shape index (κ3) is 3.62. The van der Waals surface area contributed by atoms with E-state index in [-0.39, 0.29) is 12.0 Å². The lowest BCUT2D eigenvalue weighted by atomic mass is 10.1. The number of carbonyl (C=O) groups is 1. The molecule has 2 aromatic rings. The van der Waals surface area contributed by atoms with E-state index in [1.54, 1.807) is 0 Å². The first-order valence-corrected chi connectivity index (χ1v) is 8.01. The van der Waals surface area contributed by atoms with Crippen LogP contribution in [0.3, 0.4) is 0 Å². The number of aromatic nitrogens is 1. The first-order valence-electron chi connectivity index (χ1n) is 8.01. The Kier molecular flexibility index (Phi) is 4.76. The van der Waals surface area contributed by atoms with Crippen molar-refractivity contribution in [3.8, 4) is 0 Å². The Morgan fingerprint density at radius 3 is 2.83 bits per heavy atom. The highest BCUT2D eigenvalue weighted by molar-refractivity contribution is 5.76. The molecule has 0 aliphatic carbocycles. The van der Waals surface area contributed by atoms with E-state index in [4.69, 9.17) is 9.26 Å². The average molecular weight is 314 g/mol. The van der Waals surface area contributed by atoms with Gasteiger partial charge in [0.1, 0.15) is 18.4 Å². The molecule has 0 saturated carbocycles. The zero-order valence-electron chi connectivity index (χ0n) is 13.6. The van der Waals surface area contributed by atoms with E-state index in [2.05, 4.69) is 10.1 Å². The summed E-state index contributed by atoms with van der Waals surface area (Å²) in [7, 11) is 0. The Labute approximate surface area is 136 Å². The summed E-state index contributed by atoms with van der Waals surface area (Å²) in [5.41, 5.74) is 2.98. The van der Waals surface area contributed by atoms with Crippen LogP contribution < -0.4 is 0 Å². The number of rotatable bonds is 5. The van der Waals surface area contributed by atoms with Gasteiger partial charge in [0.15, 0.2) is 0 Å². The largest absolute Gasteiger partial charge is 0.460 e. The molecule has 122 valence electrons. The molecule has 0 N–H and O–H groups in total. The molecule has 1 aromatic heterocycles. The monoisotopic (exact) mass is 314 g/mol. The van der Waals surface area contributed by atoms with Gasteiger partial charge in [-0.15, -0.1) is 0 Å². The smallest absolute Gasteiger partial charge is 0.323 e. The Morgan fingerprint density at radius 1 is 1.35 bits per heavy atom. The highest BCUT2D eigenvalue weighted by atomic mass is 16.5. The molecule has 23 heavy (non-hydrogen) atoms. The summed E-state index contributed by atoms with van der Waals surface area (Å²) in [6, 6.07) is 9.60. The van der Waals surface area contributed by atoms with Gasteiger partial charge < -0.3 is 9.26 Å². The number of likely N-dealkylation sites (tertiary alicyclic amines) is 1. The summed E-state index contributed by atoms with van der Waals surface area (Å²) < 4.78 is 10.7. The van der Waals surface area contributed by atoms with Crippen molar-refractivity contribution in [2.75, 3.05) is 6.54 Å². The summed E-state index contributed by atoms with van der Waals surface area (Å²) in [6.45, 7) is 5.76. The van der Waals surface area contributed by atoms with Crippen LogP contribution in [0.25, 0.3) is 0 Å². The Balaban J connectivity index is 1.61. The first kappa shape index (κ1) is 15.7. The van der Waals surface area contributed by atoms with Gasteiger partial charge in [0.25, 0.3) is 0 Å². The molecule has 3 rings (SSSR count). The van der Waals surface area contributed by atoms with Gasteiger partial charge in [0.05, 0.1) is 5.69 Å². The Morgan fingerprint density at radius 2 is 2.13 bits per heavy atom. The molecule has 0 radical (unpaired) electrons. The number of hydrogen-bond donors (Lipinski definition) is 0. The Bertz CT molecular complexity index is 647. The van der Waals surface area contributed by atoms with Crippen LogP contribution in [0.2, 0.25) is 0 Å². The van der Waals surface area contributed by atoms with Gasteiger partial charge in [-0.05, 0) is 38.8 Å². The van der Waals surface area contributed by atoms with E-state index in [1.165, 1.54) is 0 Å². The van der Waals surface area contributed by atoms with Gasteiger partial charge in [-0.3, -0.25) is 9.69 Å². The number of carbonyl (C=O) groups excluding carboxylic acids is 1. The highest BCUT2D eigenvalue weighted by Gasteiger charge is 2.33. The van der Waals surface area contributed by atoms with Crippen LogP contribution in [0.4, 0.5) is 0 Å².